The van der Waals surface area contributed by atoms with Crippen LogP contribution in [0.25, 0.3) is 21.9 Å². The molecule has 1 amide bonds. The summed E-state index contributed by atoms with van der Waals surface area (Å²) in [4.78, 5) is 25.7. The van der Waals surface area contributed by atoms with Crippen LogP contribution in [0.3, 0.4) is 0 Å². The maximum Gasteiger partial charge on any atom is 0.344 e. The van der Waals surface area contributed by atoms with E-state index in [1.54, 1.807) is 19.2 Å². The van der Waals surface area contributed by atoms with Crippen molar-refractivity contribution in [2.24, 2.45) is 0 Å². The number of benzene rings is 3. The van der Waals surface area contributed by atoms with E-state index in [9.17, 15) is 9.59 Å². The fourth-order valence-electron chi connectivity index (χ4n) is 3.18. The van der Waals surface area contributed by atoms with Gasteiger partial charge in [0.25, 0.3) is 5.91 Å². The predicted octanol–water partition coefficient (Wildman–Crippen LogP) is 4.17. The highest BCUT2D eigenvalue weighted by Gasteiger charge is 2.14. The summed E-state index contributed by atoms with van der Waals surface area (Å²) >= 11 is 0. The molecule has 0 unspecified atom stereocenters. The topological polar surface area (TPSA) is 69.0 Å². The van der Waals surface area contributed by atoms with E-state index < -0.39 is 5.97 Å². The first-order valence-electron chi connectivity index (χ1n) is 9.58. The zero-order chi connectivity index (χ0) is 20.9. The van der Waals surface area contributed by atoms with Crippen molar-refractivity contribution in [3.05, 3.63) is 78.4 Å². The standard InChI is InChI=1S/C24H21NO5/c1-25(14-17-7-3-2-4-8-17)23(26)15-29-24(27)16-28-18-11-12-22-20(13-18)19-9-5-6-10-21(19)30-22/h2-13H,14-16H2,1H3. The molecule has 0 saturated heterocycles. The first-order valence-corrected chi connectivity index (χ1v) is 9.58. The summed E-state index contributed by atoms with van der Waals surface area (Å²) in [5.41, 5.74) is 2.55. The normalized spacial score (nSPS) is 10.8. The Kier molecular flexibility index (Phi) is 5.66. The number of furan rings is 1. The molecule has 6 nitrogen and oxygen atoms in total. The van der Waals surface area contributed by atoms with Crippen molar-refractivity contribution in [3.63, 3.8) is 0 Å². The molecule has 4 aromatic rings. The number of carbonyl (C=O) groups excluding carboxylic acids is 2. The van der Waals surface area contributed by atoms with Gasteiger partial charge in [-0.25, -0.2) is 4.79 Å². The van der Waals surface area contributed by atoms with E-state index in [4.69, 9.17) is 13.9 Å². The number of hydrogen-bond donors (Lipinski definition) is 0. The number of amides is 1. The number of rotatable bonds is 7. The zero-order valence-electron chi connectivity index (χ0n) is 16.5. The Bertz CT molecular complexity index is 1180. The van der Waals surface area contributed by atoms with Gasteiger partial charge in [0.1, 0.15) is 16.9 Å². The van der Waals surface area contributed by atoms with Crippen LogP contribution in [-0.2, 0) is 20.9 Å². The van der Waals surface area contributed by atoms with Gasteiger partial charge in [-0.15, -0.1) is 0 Å². The molecule has 30 heavy (non-hydrogen) atoms. The average Bonchev–Trinajstić information content (AvgIpc) is 3.14. The lowest BCUT2D eigenvalue weighted by atomic mass is 10.1. The van der Waals surface area contributed by atoms with Gasteiger partial charge in [-0.1, -0.05) is 48.5 Å². The summed E-state index contributed by atoms with van der Waals surface area (Å²) in [7, 11) is 1.67. The molecule has 152 valence electrons. The Morgan fingerprint density at radius 1 is 0.867 bits per heavy atom. The van der Waals surface area contributed by atoms with E-state index in [0.717, 1.165) is 27.5 Å². The second kappa shape index (κ2) is 8.69. The molecule has 0 aliphatic carbocycles. The highest BCUT2D eigenvalue weighted by atomic mass is 16.6. The van der Waals surface area contributed by atoms with Gasteiger partial charge in [0.05, 0.1) is 0 Å². The van der Waals surface area contributed by atoms with Gasteiger partial charge in [0, 0.05) is 24.4 Å². The molecular formula is C24H21NO5. The molecule has 0 N–H and O–H groups in total. The Labute approximate surface area is 173 Å². The second-order valence-corrected chi connectivity index (χ2v) is 6.94. The van der Waals surface area contributed by atoms with Gasteiger partial charge in [-0.3, -0.25) is 4.79 Å². The molecule has 0 aliphatic rings. The molecule has 0 spiro atoms. The van der Waals surface area contributed by atoms with E-state index >= 15 is 0 Å². The number of ether oxygens (including phenoxy) is 2. The minimum Gasteiger partial charge on any atom is -0.482 e. The third-order valence-corrected chi connectivity index (χ3v) is 4.75. The number of hydrogen-bond acceptors (Lipinski definition) is 5. The molecule has 0 fully saturated rings. The molecule has 0 saturated carbocycles. The van der Waals surface area contributed by atoms with Crippen molar-refractivity contribution in [2.45, 2.75) is 6.54 Å². The molecular weight excluding hydrogens is 382 g/mol. The van der Waals surface area contributed by atoms with E-state index in [-0.39, 0.29) is 19.1 Å². The van der Waals surface area contributed by atoms with Crippen LogP contribution in [0.1, 0.15) is 5.56 Å². The summed E-state index contributed by atoms with van der Waals surface area (Å²) in [6.45, 7) is -0.152. The summed E-state index contributed by atoms with van der Waals surface area (Å²) < 4.78 is 16.4. The van der Waals surface area contributed by atoms with Gasteiger partial charge in [0.2, 0.25) is 0 Å². The van der Waals surface area contributed by atoms with E-state index in [0.29, 0.717) is 12.3 Å². The quantitative estimate of drug-likeness (QED) is 0.433. The SMILES string of the molecule is CN(Cc1ccccc1)C(=O)COC(=O)COc1ccc2oc3ccccc3c2c1. The predicted molar refractivity (Wildman–Crippen MR) is 113 cm³/mol. The van der Waals surface area contributed by atoms with E-state index in [1.165, 1.54) is 4.90 Å². The monoisotopic (exact) mass is 403 g/mol. The summed E-state index contributed by atoms with van der Waals surface area (Å²) in [5.74, 6) is -0.356. The molecule has 3 aromatic carbocycles. The molecule has 1 aromatic heterocycles. The number of carbonyl (C=O) groups is 2. The van der Waals surface area contributed by atoms with E-state index in [2.05, 4.69) is 0 Å². The maximum absolute atomic E-state index is 12.2. The fourth-order valence-corrected chi connectivity index (χ4v) is 3.18. The smallest absolute Gasteiger partial charge is 0.344 e. The largest absolute Gasteiger partial charge is 0.482 e. The van der Waals surface area contributed by atoms with Crippen LogP contribution >= 0.6 is 0 Å². The lowest BCUT2D eigenvalue weighted by molar-refractivity contribution is -0.153. The Morgan fingerprint density at radius 2 is 1.60 bits per heavy atom. The number of nitrogens with zero attached hydrogens (tertiary/aromatic N) is 1. The van der Waals surface area contributed by atoms with Crippen LogP contribution in [-0.4, -0.2) is 37.0 Å². The zero-order valence-corrected chi connectivity index (χ0v) is 16.5. The molecule has 6 heteroatoms. The maximum atomic E-state index is 12.2. The molecule has 1 heterocycles. The Morgan fingerprint density at radius 3 is 2.43 bits per heavy atom. The van der Waals surface area contributed by atoms with Gasteiger partial charge >= 0.3 is 5.97 Å². The molecule has 0 aliphatic heterocycles. The third-order valence-electron chi connectivity index (χ3n) is 4.75. The number of para-hydroxylation sites is 1. The molecule has 0 atom stereocenters. The highest BCUT2D eigenvalue weighted by molar-refractivity contribution is 6.05. The number of likely N-dealkylation sites (N-methyl/N-ethyl adjacent to an activating group) is 1. The first-order chi connectivity index (χ1) is 14.6. The fraction of sp³-hybridized carbons (Fsp3) is 0.167. The van der Waals surface area contributed by atoms with Crippen LogP contribution in [0.15, 0.2) is 77.2 Å². The van der Waals surface area contributed by atoms with Gasteiger partial charge < -0.3 is 18.8 Å². The van der Waals surface area contributed by atoms with Gasteiger partial charge in [0.15, 0.2) is 13.2 Å². The van der Waals surface area contributed by atoms with Crippen LogP contribution in [0.2, 0.25) is 0 Å². The number of fused-ring (bicyclic) bond motifs is 3. The summed E-state index contributed by atoms with van der Waals surface area (Å²) in [6, 6.07) is 22.7. The van der Waals surface area contributed by atoms with Crippen molar-refractivity contribution >= 4 is 33.8 Å². The lowest BCUT2D eigenvalue weighted by Gasteiger charge is -2.17. The van der Waals surface area contributed by atoms with Crippen molar-refractivity contribution in [1.82, 2.24) is 4.90 Å². The van der Waals surface area contributed by atoms with Crippen molar-refractivity contribution in [3.8, 4) is 5.75 Å². The minimum atomic E-state index is -0.603. The van der Waals surface area contributed by atoms with Crippen LogP contribution in [0.4, 0.5) is 0 Å². The van der Waals surface area contributed by atoms with Crippen molar-refractivity contribution in [1.29, 1.82) is 0 Å². The molecule has 0 bridgehead atoms. The van der Waals surface area contributed by atoms with Gasteiger partial charge in [-0.05, 0) is 29.8 Å². The number of esters is 1. The van der Waals surface area contributed by atoms with Crippen LogP contribution in [0, 0.1) is 0 Å². The minimum absolute atomic E-state index is 0.279. The van der Waals surface area contributed by atoms with Crippen LogP contribution < -0.4 is 4.74 Å². The third kappa shape index (κ3) is 4.43. The molecule has 4 rings (SSSR count). The summed E-state index contributed by atoms with van der Waals surface area (Å²) in [6.07, 6.45) is 0. The Balaban J connectivity index is 1.29. The molecule has 0 radical (unpaired) electrons. The highest BCUT2D eigenvalue weighted by Crippen LogP contribution is 2.31. The second-order valence-electron chi connectivity index (χ2n) is 6.94. The van der Waals surface area contributed by atoms with Crippen LogP contribution in [0.5, 0.6) is 5.75 Å². The van der Waals surface area contributed by atoms with Crippen molar-refractivity contribution < 1.29 is 23.5 Å². The summed E-state index contributed by atoms with van der Waals surface area (Å²) in [5, 5.41) is 1.89. The van der Waals surface area contributed by atoms with Crippen molar-refractivity contribution in [2.75, 3.05) is 20.3 Å². The van der Waals surface area contributed by atoms with Gasteiger partial charge in [-0.2, -0.15) is 0 Å². The first kappa shape index (κ1) is 19.5. The lowest BCUT2D eigenvalue weighted by Crippen LogP contribution is -2.31. The average molecular weight is 403 g/mol. The van der Waals surface area contributed by atoms with E-state index in [1.807, 2.05) is 60.7 Å². The Hall–Kier alpha value is -3.80.